The number of fused-ring (bicyclic) bond motifs is 3. The lowest BCUT2D eigenvalue weighted by atomic mass is 9.87. The Morgan fingerprint density at radius 2 is 2.07 bits per heavy atom. The van der Waals surface area contributed by atoms with Crippen LogP contribution in [0.5, 0.6) is 0 Å². The molecule has 15 heavy (non-hydrogen) atoms. The molecule has 0 spiro atoms. The number of rotatable bonds is 0. The van der Waals surface area contributed by atoms with Crippen LogP contribution < -0.4 is 0 Å². The molecule has 1 aromatic carbocycles. The molecule has 1 fully saturated rings. The van der Waals surface area contributed by atoms with Gasteiger partial charge in [-0.25, -0.2) is 0 Å². The van der Waals surface area contributed by atoms with Crippen LogP contribution in [0.4, 0.5) is 0 Å². The SMILES string of the molecule is Cl[C@H]1CCN2CCc3ccccc3[C@@H]2C1. The lowest BCUT2D eigenvalue weighted by Crippen LogP contribution is -2.41. The van der Waals surface area contributed by atoms with E-state index in [0.29, 0.717) is 11.4 Å². The minimum atomic E-state index is 0.373. The zero-order valence-corrected chi connectivity index (χ0v) is 9.58. The molecule has 1 nitrogen and oxygen atoms in total. The van der Waals surface area contributed by atoms with E-state index in [4.69, 9.17) is 11.6 Å². The third-order valence-electron chi connectivity index (χ3n) is 3.73. The average Bonchev–Trinajstić information content (AvgIpc) is 2.29. The number of alkyl halides is 1. The summed E-state index contributed by atoms with van der Waals surface area (Å²) in [5.41, 5.74) is 3.05. The highest BCUT2D eigenvalue weighted by Crippen LogP contribution is 2.37. The van der Waals surface area contributed by atoms with E-state index in [0.717, 1.165) is 12.8 Å². The van der Waals surface area contributed by atoms with Crippen LogP contribution in [0.15, 0.2) is 24.3 Å². The summed E-state index contributed by atoms with van der Waals surface area (Å²) in [5, 5.41) is 0.373. The molecule has 2 heteroatoms. The smallest absolute Gasteiger partial charge is 0.0366 e. The molecule has 80 valence electrons. The van der Waals surface area contributed by atoms with E-state index in [1.54, 1.807) is 0 Å². The van der Waals surface area contributed by atoms with Gasteiger partial charge in [0, 0.05) is 24.5 Å². The van der Waals surface area contributed by atoms with Gasteiger partial charge in [0.1, 0.15) is 0 Å². The summed E-state index contributed by atoms with van der Waals surface area (Å²) in [5.74, 6) is 0. The van der Waals surface area contributed by atoms with E-state index in [9.17, 15) is 0 Å². The number of hydrogen-bond acceptors (Lipinski definition) is 1. The first-order valence-corrected chi connectivity index (χ1v) is 6.24. The van der Waals surface area contributed by atoms with Crippen LogP contribution in [0.25, 0.3) is 0 Å². The molecule has 2 aliphatic rings. The Morgan fingerprint density at radius 3 is 3.00 bits per heavy atom. The maximum atomic E-state index is 6.28. The van der Waals surface area contributed by atoms with Crippen molar-refractivity contribution >= 4 is 11.6 Å². The topological polar surface area (TPSA) is 3.24 Å². The van der Waals surface area contributed by atoms with Crippen molar-refractivity contribution in [3.63, 3.8) is 0 Å². The van der Waals surface area contributed by atoms with E-state index >= 15 is 0 Å². The van der Waals surface area contributed by atoms with Gasteiger partial charge in [0.15, 0.2) is 0 Å². The Labute approximate surface area is 96.0 Å². The maximum absolute atomic E-state index is 6.28. The first-order chi connectivity index (χ1) is 7.34. The molecular weight excluding hydrogens is 206 g/mol. The molecule has 3 rings (SSSR count). The van der Waals surface area contributed by atoms with Gasteiger partial charge in [-0.1, -0.05) is 24.3 Å². The Bertz CT molecular complexity index is 363. The third kappa shape index (κ3) is 1.68. The normalized spacial score (nSPS) is 30.7. The molecule has 0 radical (unpaired) electrons. The van der Waals surface area contributed by atoms with Crippen molar-refractivity contribution in [2.75, 3.05) is 13.1 Å². The Morgan fingerprint density at radius 1 is 1.20 bits per heavy atom. The second-order valence-corrected chi connectivity index (χ2v) is 5.24. The highest BCUT2D eigenvalue weighted by atomic mass is 35.5. The average molecular weight is 222 g/mol. The molecule has 0 saturated carbocycles. The quantitative estimate of drug-likeness (QED) is 0.609. The number of piperidine rings is 1. The maximum Gasteiger partial charge on any atom is 0.0366 e. The Hall–Kier alpha value is -0.530. The monoisotopic (exact) mass is 221 g/mol. The first kappa shape index (κ1) is 9.68. The predicted octanol–water partition coefficient (Wildman–Crippen LogP) is 2.99. The van der Waals surface area contributed by atoms with Crippen molar-refractivity contribution in [2.45, 2.75) is 30.7 Å². The highest BCUT2D eigenvalue weighted by Gasteiger charge is 2.32. The second-order valence-electron chi connectivity index (χ2n) is 4.62. The van der Waals surface area contributed by atoms with Gasteiger partial charge in [-0.05, 0) is 30.4 Å². The number of nitrogens with zero attached hydrogens (tertiary/aromatic N) is 1. The van der Waals surface area contributed by atoms with Crippen molar-refractivity contribution in [1.82, 2.24) is 4.90 Å². The fourth-order valence-electron chi connectivity index (χ4n) is 2.91. The van der Waals surface area contributed by atoms with Gasteiger partial charge in [0.2, 0.25) is 0 Å². The van der Waals surface area contributed by atoms with Gasteiger partial charge in [0.05, 0.1) is 0 Å². The van der Waals surface area contributed by atoms with Gasteiger partial charge in [-0.3, -0.25) is 4.90 Å². The van der Waals surface area contributed by atoms with Gasteiger partial charge in [-0.2, -0.15) is 0 Å². The predicted molar refractivity (Wildman–Crippen MR) is 63.3 cm³/mol. The van der Waals surface area contributed by atoms with Crippen LogP contribution in [-0.2, 0) is 6.42 Å². The van der Waals surface area contributed by atoms with Gasteiger partial charge in [0.25, 0.3) is 0 Å². The molecule has 0 bridgehead atoms. The molecule has 0 aliphatic carbocycles. The van der Waals surface area contributed by atoms with Crippen LogP contribution in [0, 0.1) is 0 Å². The van der Waals surface area contributed by atoms with E-state index in [1.807, 2.05) is 0 Å². The number of hydrogen-bond donors (Lipinski definition) is 0. The Balaban J connectivity index is 1.96. The van der Waals surface area contributed by atoms with Crippen LogP contribution in [-0.4, -0.2) is 23.4 Å². The zero-order chi connectivity index (χ0) is 10.3. The Kier molecular flexibility index (Phi) is 2.45. The minimum absolute atomic E-state index is 0.373. The van der Waals surface area contributed by atoms with Crippen LogP contribution in [0.2, 0.25) is 0 Å². The highest BCUT2D eigenvalue weighted by molar-refractivity contribution is 6.20. The van der Waals surface area contributed by atoms with Crippen molar-refractivity contribution < 1.29 is 0 Å². The van der Waals surface area contributed by atoms with E-state index in [2.05, 4.69) is 29.2 Å². The van der Waals surface area contributed by atoms with Crippen LogP contribution in [0.3, 0.4) is 0 Å². The van der Waals surface area contributed by atoms with Gasteiger partial charge in [-0.15, -0.1) is 11.6 Å². The molecule has 0 aromatic heterocycles. The second kappa shape index (κ2) is 3.80. The molecule has 0 N–H and O–H groups in total. The molecule has 2 heterocycles. The molecular formula is C13H16ClN. The van der Waals surface area contributed by atoms with E-state index in [-0.39, 0.29) is 0 Å². The molecule has 0 amide bonds. The summed E-state index contributed by atoms with van der Waals surface area (Å²) >= 11 is 6.28. The summed E-state index contributed by atoms with van der Waals surface area (Å²) in [6.45, 7) is 2.39. The summed E-state index contributed by atoms with van der Waals surface area (Å²) < 4.78 is 0. The van der Waals surface area contributed by atoms with Crippen molar-refractivity contribution in [3.05, 3.63) is 35.4 Å². The fraction of sp³-hybridized carbons (Fsp3) is 0.538. The van der Waals surface area contributed by atoms with E-state index < -0.39 is 0 Å². The largest absolute Gasteiger partial charge is 0.296 e. The van der Waals surface area contributed by atoms with E-state index in [1.165, 1.54) is 30.6 Å². The summed E-state index contributed by atoms with van der Waals surface area (Å²) in [4.78, 5) is 2.60. The number of halogens is 1. The van der Waals surface area contributed by atoms with Crippen LogP contribution >= 0.6 is 11.6 Å². The van der Waals surface area contributed by atoms with Crippen molar-refractivity contribution in [3.8, 4) is 0 Å². The molecule has 2 aliphatic heterocycles. The summed E-state index contributed by atoms with van der Waals surface area (Å²) in [6.07, 6.45) is 3.48. The zero-order valence-electron chi connectivity index (χ0n) is 8.82. The van der Waals surface area contributed by atoms with Crippen molar-refractivity contribution in [1.29, 1.82) is 0 Å². The lowest BCUT2D eigenvalue weighted by Gasteiger charge is -2.42. The third-order valence-corrected chi connectivity index (χ3v) is 4.13. The molecule has 2 atom stereocenters. The standard InChI is InChI=1S/C13H16ClN/c14-11-6-8-15-7-5-10-3-1-2-4-12(10)13(15)9-11/h1-4,11,13H,5-9H2/t11-,13-/m0/s1. The van der Waals surface area contributed by atoms with Crippen molar-refractivity contribution in [2.24, 2.45) is 0 Å². The summed E-state index contributed by atoms with van der Waals surface area (Å²) in [6, 6.07) is 9.44. The first-order valence-electron chi connectivity index (χ1n) is 5.80. The fourth-order valence-corrected chi connectivity index (χ4v) is 3.18. The van der Waals surface area contributed by atoms with Gasteiger partial charge >= 0.3 is 0 Å². The minimum Gasteiger partial charge on any atom is -0.296 e. The van der Waals surface area contributed by atoms with Crippen LogP contribution in [0.1, 0.15) is 30.0 Å². The molecule has 1 saturated heterocycles. The van der Waals surface area contributed by atoms with Gasteiger partial charge < -0.3 is 0 Å². The molecule has 0 unspecified atom stereocenters. The number of benzene rings is 1. The summed E-state index contributed by atoms with van der Waals surface area (Å²) in [7, 11) is 0. The lowest BCUT2D eigenvalue weighted by molar-refractivity contribution is 0.141. The molecule has 1 aromatic rings.